The predicted molar refractivity (Wildman–Crippen MR) is 126 cm³/mol. The molecule has 1 saturated heterocycles. The number of carbonyl (C=O) groups is 1. The van der Waals surface area contributed by atoms with Crippen LogP contribution in [0, 0.1) is 5.92 Å². The van der Waals surface area contributed by atoms with E-state index in [4.69, 9.17) is 16.3 Å². The second kappa shape index (κ2) is 9.75. The van der Waals surface area contributed by atoms with E-state index >= 15 is 0 Å². The molecule has 1 N–H and O–H groups in total. The molecule has 0 saturated carbocycles. The molecule has 1 atom stereocenters. The van der Waals surface area contributed by atoms with Gasteiger partial charge in [0, 0.05) is 42.1 Å². The number of ether oxygens (including phenoxy) is 1. The summed E-state index contributed by atoms with van der Waals surface area (Å²) in [4.78, 5) is 20.9. The molecule has 5 nitrogen and oxygen atoms in total. The lowest BCUT2D eigenvalue weighted by Crippen LogP contribution is -2.42. The number of halogens is 1. The van der Waals surface area contributed by atoms with Crippen molar-refractivity contribution in [3.63, 3.8) is 0 Å². The Bertz CT molecular complexity index is 1030. The molecule has 4 rings (SSSR count). The Morgan fingerprint density at radius 2 is 2.03 bits per heavy atom. The minimum absolute atomic E-state index is 0.0575. The average molecular weight is 440 g/mol. The second-order valence-corrected chi connectivity index (χ2v) is 8.79. The first kappa shape index (κ1) is 21.7. The van der Waals surface area contributed by atoms with Crippen molar-refractivity contribution < 1.29 is 9.53 Å². The lowest BCUT2D eigenvalue weighted by Gasteiger charge is -2.35. The Hall–Kier alpha value is -2.50. The lowest BCUT2D eigenvalue weighted by molar-refractivity contribution is 0.0680. The highest BCUT2D eigenvalue weighted by Crippen LogP contribution is 2.23. The van der Waals surface area contributed by atoms with Gasteiger partial charge in [0.15, 0.2) is 0 Å². The summed E-state index contributed by atoms with van der Waals surface area (Å²) in [5.74, 6) is 1.42. The number of H-pyrrole nitrogens is 1. The van der Waals surface area contributed by atoms with Crippen molar-refractivity contribution in [2.75, 3.05) is 33.3 Å². The first-order valence-corrected chi connectivity index (χ1v) is 11.4. The van der Waals surface area contributed by atoms with E-state index in [0.717, 1.165) is 55.7 Å². The van der Waals surface area contributed by atoms with Gasteiger partial charge in [-0.1, -0.05) is 29.8 Å². The van der Waals surface area contributed by atoms with E-state index in [0.29, 0.717) is 23.2 Å². The maximum absolute atomic E-state index is 13.2. The molecule has 1 aromatic heterocycles. The SMILES string of the molecule is CCN(CC1CCCN(Cc2ccc(OC)cc2)C1)C(=O)c1cc2ccc(Cl)cc2[nH]1. The molecule has 1 aliphatic heterocycles. The van der Waals surface area contributed by atoms with Crippen molar-refractivity contribution in [1.82, 2.24) is 14.8 Å². The highest BCUT2D eigenvalue weighted by molar-refractivity contribution is 6.31. The zero-order chi connectivity index (χ0) is 21.8. The number of benzene rings is 2. The molecule has 6 heteroatoms. The van der Waals surface area contributed by atoms with Crippen LogP contribution in [0.15, 0.2) is 48.5 Å². The molecule has 3 aromatic rings. The van der Waals surface area contributed by atoms with Gasteiger partial charge in [-0.2, -0.15) is 0 Å². The van der Waals surface area contributed by atoms with Crippen LogP contribution in [-0.2, 0) is 6.54 Å². The number of fused-ring (bicyclic) bond motifs is 1. The van der Waals surface area contributed by atoms with E-state index in [1.54, 1.807) is 7.11 Å². The van der Waals surface area contributed by atoms with E-state index in [2.05, 4.69) is 28.9 Å². The Labute approximate surface area is 188 Å². The van der Waals surface area contributed by atoms with Gasteiger partial charge in [0.05, 0.1) is 7.11 Å². The Morgan fingerprint density at radius 1 is 1.23 bits per heavy atom. The molecule has 0 bridgehead atoms. The number of hydrogen-bond acceptors (Lipinski definition) is 3. The van der Waals surface area contributed by atoms with Gasteiger partial charge in [-0.3, -0.25) is 9.69 Å². The number of methoxy groups -OCH3 is 1. The summed E-state index contributed by atoms with van der Waals surface area (Å²) in [6.07, 6.45) is 2.32. The fraction of sp³-hybridized carbons (Fsp3) is 0.400. The first-order chi connectivity index (χ1) is 15.1. The van der Waals surface area contributed by atoms with Gasteiger partial charge < -0.3 is 14.6 Å². The highest BCUT2D eigenvalue weighted by Gasteiger charge is 2.25. The minimum Gasteiger partial charge on any atom is -0.497 e. The molecule has 0 radical (unpaired) electrons. The average Bonchev–Trinajstić information content (AvgIpc) is 3.21. The molecule has 1 amide bonds. The number of aromatic amines is 1. The summed E-state index contributed by atoms with van der Waals surface area (Å²) in [7, 11) is 1.69. The topological polar surface area (TPSA) is 48.6 Å². The third-order valence-electron chi connectivity index (χ3n) is 6.13. The quantitative estimate of drug-likeness (QED) is 0.550. The molecule has 2 aromatic carbocycles. The third-order valence-corrected chi connectivity index (χ3v) is 6.37. The summed E-state index contributed by atoms with van der Waals surface area (Å²) in [5, 5.41) is 1.67. The molecule has 31 heavy (non-hydrogen) atoms. The lowest BCUT2D eigenvalue weighted by atomic mass is 9.96. The van der Waals surface area contributed by atoms with Crippen molar-refractivity contribution in [2.45, 2.75) is 26.3 Å². The van der Waals surface area contributed by atoms with Gasteiger partial charge in [-0.05, 0) is 68.1 Å². The van der Waals surface area contributed by atoms with Crippen LogP contribution in [0.1, 0.15) is 35.8 Å². The molecule has 164 valence electrons. The molecule has 2 heterocycles. The van der Waals surface area contributed by atoms with Crippen LogP contribution in [0.5, 0.6) is 5.75 Å². The standard InChI is InChI=1S/C25H30ClN3O2/c1-3-29(25(30)24-13-20-8-9-21(26)14-23(20)27-24)17-19-5-4-12-28(16-19)15-18-6-10-22(31-2)11-7-18/h6-11,13-14,19,27H,3-5,12,15-17H2,1-2H3. The van der Waals surface area contributed by atoms with E-state index < -0.39 is 0 Å². The number of nitrogens with zero attached hydrogens (tertiary/aromatic N) is 2. The number of likely N-dealkylation sites (tertiary alicyclic amines) is 1. The van der Waals surface area contributed by atoms with Gasteiger partial charge in [0.1, 0.15) is 11.4 Å². The molecular formula is C25H30ClN3O2. The number of rotatable bonds is 7. The fourth-order valence-corrected chi connectivity index (χ4v) is 4.66. The van der Waals surface area contributed by atoms with Gasteiger partial charge >= 0.3 is 0 Å². The summed E-state index contributed by atoms with van der Waals surface area (Å²) in [5.41, 5.74) is 2.82. The molecule has 1 aliphatic rings. The minimum atomic E-state index is 0.0575. The number of piperidine rings is 1. The molecular weight excluding hydrogens is 410 g/mol. The number of nitrogens with one attached hydrogen (secondary N) is 1. The summed E-state index contributed by atoms with van der Waals surface area (Å²) in [6, 6.07) is 15.9. The van der Waals surface area contributed by atoms with Crippen molar-refractivity contribution in [2.24, 2.45) is 5.92 Å². The number of aromatic nitrogens is 1. The van der Waals surface area contributed by atoms with E-state index in [1.807, 2.05) is 41.3 Å². The molecule has 1 fully saturated rings. The zero-order valence-electron chi connectivity index (χ0n) is 18.2. The Kier molecular flexibility index (Phi) is 6.83. The van der Waals surface area contributed by atoms with Crippen LogP contribution in [0.3, 0.4) is 0 Å². The van der Waals surface area contributed by atoms with E-state index in [9.17, 15) is 4.79 Å². The van der Waals surface area contributed by atoms with E-state index in [-0.39, 0.29) is 5.91 Å². The summed E-state index contributed by atoms with van der Waals surface area (Å²) >= 11 is 6.09. The smallest absolute Gasteiger partial charge is 0.270 e. The largest absolute Gasteiger partial charge is 0.497 e. The monoisotopic (exact) mass is 439 g/mol. The van der Waals surface area contributed by atoms with Crippen molar-refractivity contribution in [1.29, 1.82) is 0 Å². The number of hydrogen-bond donors (Lipinski definition) is 1. The summed E-state index contributed by atoms with van der Waals surface area (Å²) in [6.45, 7) is 6.58. The molecule has 0 spiro atoms. The first-order valence-electron chi connectivity index (χ1n) is 11.0. The molecule has 0 aliphatic carbocycles. The third kappa shape index (κ3) is 5.23. The van der Waals surface area contributed by atoms with Gasteiger partial charge in [0.2, 0.25) is 0 Å². The molecule has 1 unspecified atom stereocenters. The normalized spacial score (nSPS) is 17.1. The second-order valence-electron chi connectivity index (χ2n) is 8.35. The van der Waals surface area contributed by atoms with Crippen LogP contribution >= 0.6 is 11.6 Å². The summed E-state index contributed by atoms with van der Waals surface area (Å²) < 4.78 is 5.26. The predicted octanol–water partition coefficient (Wildman–Crippen LogP) is 5.20. The van der Waals surface area contributed by atoms with Crippen molar-refractivity contribution in [3.05, 3.63) is 64.8 Å². The maximum Gasteiger partial charge on any atom is 0.270 e. The zero-order valence-corrected chi connectivity index (χ0v) is 19.0. The highest BCUT2D eigenvalue weighted by atomic mass is 35.5. The van der Waals surface area contributed by atoms with Gasteiger partial charge in [-0.15, -0.1) is 0 Å². The van der Waals surface area contributed by atoms with Crippen LogP contribution in [0.4, 0.5) is 0 Å². The van der Waals surface area contributed by atoms with Crippen molar-refractivity contribution in [3.8, 4) is 5.75 Å². The Balaban J connectivity index is 1.39. The van der Waals surface area contributed by atoms with Crippen molar-refractivity contribution >= 4 is 28.4 Å². The van der Waals surface area contributed by atoms with Gasteiger partial charge in [-0.25, -0.2) is 0 Å². The van der Waals surface area contributed by atoms with Crippen LogP contribution in [-0.4, -0.2) is 54.0 Å². The Morgan fingerprint density at radius 3 is 2.77 bits per heavy atom. The van der Waals surface area contributed by atoms with Crippen LogP contribution in [0.2, 0.25) is 5.02 Å². The van der Waals surface area contributed by atoms with Gasteiger partial charge in [0.25, 0.3) is 5.91 Å². The number of carbonyl (C=O) groups excluding carboxylic acids is 1. The van der Waals surface area contributed by atoms with Crippen LogP contribution in [0.25, 0.3) is 10.9 Å². The number of amides is 1. The van der Waals surface area contributed by atoms with Crippen LogP contribution < -0.4 is 4.74 Å². The fourth-order valence-electron chi connectivity index (χ4n) is 4.49. The van der Waals surface area contributed by atoms with E-state index in [1.165, 1.54) is 5.56 Å². The maximum atomic E-state index is 13.2.